The van der Waals surface area contributed by atoms with Crippen LogP contribution in [0.4, 0.5) is 10.5 Å². The van der Waals surface area contributed by atoms with Crippen LogP contribution in [0.25, 0.3) is 0 Å². The number of anilines is 1. The predicted molar refractivity (Wildman–Crippen MR) is 116 cm³/mol. The Labute approximate surface area is 185 Å². The normalized spacial score (nSPS) is 18.0. The van der Waals surface area contributed by atoms with E-state index in [9.17, 15) is 19.2 Å². The number of carbonyl (C=O) groups is 4. The fraction of sp³-hybridized carbons (Fsp3) is 0.273. The average Bonchev–Trinajstić information content (AvgIpc) is 3.01. The Bertz CT molecular complexity index is 1010. The van der Waals surface area contributed by atoms with Crippen molar-refractivity contribution in [2.24, 2.45) is 0 Å². The number of urea groups is 1. The van der Waals surface area contributed by atoms with Crippen LogP contribution in [0, 0.1) is 0 Å². The number of nitrogens with zero attached hydrogens (tertiary/aromatic N) is 2. The Kier molecular flexibility index (Phi) is 6.60. The van der Waals surface area contributed by atoms with Crippen molar-refractivity contribution >= 4 is 41.0 Å². The number of halogens is 1. The number of para-hydroxylation sites is 1. The molecule has 162 valence electrons. The van der Waals surface area contributed by atoms with Gasteiger partial charge in [-0.25, -0.2) is 4.79 Å². The molecule has 5 amide bonds. The fourth-order valence-electron chi connectivity index (χ4n) is 3.44. The number of carbonyl (C=O) groups excluding carboxylic acids is 4. The van der Waals surface area contributed by atoms with Gasteiger partial charge in [0.05, 0.1) is 17.3 Å². The van der Waals surface area contributed by atoms with E-state index >= 15 is 0 Å². The second-order valence-electron chi connectivity index (χ2n) is 7.22. The van der Waals surface area contributed by atoms with Gasteiger partial charge in [-0.1, -0.05) is 61.0 Å². The van der Waals surface area contributed by atoms with Crippen molar-refractivity contribution in [3.05, 3.63) is 65.2 Å². The molecule has 0 unspecified atom stereocenters. The van der Waals surface area contributed by atoms with Crippen LogP contribution in [0.2, 0.25) is 5.02 Å². The van der Waals surface area contributed by atoms with E-state index in [0.717, 1.165) is 9.80 Å². The van der Waals surface area contributed by atoms with Crippen molar-refractivity contribution in [2.45, 2.75) is 18.9 Å². The van der Waals surface area contributed by atoms with Gasteiger partial charge in [0.15, 0.2) is 0 Å². The lowest BCUT2D eigenvalue weighted by molar-refractivity contribution is -0.139. The van der Waals surface area contributed by atoms with Crippen molar-refractivity contribution in [1.82, 2.24) is 15.1 Å². The summed E-state index contributed by atoms with van der Waals surface area (Å²) in [7, 11) is 1.43. The summed E-state index contributed by atoms with van der Waals surface area (Å²) in [6.07, 6.45) is 0.336. The number of hydrogen-bond acceptors (Lipinski definition) is 4. The molecular formula is C22H23ClN4O4. The minimum absolute atomic E-state index is 0.259. The van der Waals surface area contributed by atoms with Gasteiger partial charge < -0.3 is 15.5 Å². The van der Waals surface area contributed by atoms with E-state index in [0.29, 0.717) is 22.7 Å². The van der Waals surface area contributed by atoms with Gasteiger partial charge in [0.25, 0.3) is 5.91 Å². The van der Waals surface area contributed by atoms with Crippen LogP contribution in [0.5, 0.6) is 0 Å². The molecule has 31 heavy (non-hydrogen) atoms. The molecular weight excluding hydrogens is 420 g/mol. The highest BCUT2D eigenvalue weighted by Crippen LogP contribution is 2.32. The maximum atomic E-state index is 13.1. The zero-order chi connectivity index (χ0) is 22.6. The van der Waals surface area contributed by atoms with E-state index in [4.69, 9.17) is 11.6 Å². The summed E-state index contributed by atoms with van der Waals surface area (Å²) in [5.74, 6) is -1.49. The largest absolute Gasteiger partial charge is 0.335 e. The summed E-state index contributed by atoms with van der Waals surface area (Å²) in [5, 5.41) is 5.73. The van der Waals surface area contributed by atoms with Crippen molar-refractivity contribution in [3.8, 4) is 0 Å². The van der Waals surface area contributed by atoms with E-state index in [2.05, 4.69) is 10.6 Å². The molecule has 8 nitrogen and oxygen atoms in total. The lowest BCUT2D eigenvalue weighted by atomic mass is 9.87. The molecule has 0 bridgehead atoms. The molecule has 0 aliphatic carbocycles. The first kappa shape index (κ1) is 22.3. The Balaban J connectivity index is 1.65. The molecule has 2 N–H and O–H groups in total. The molecule has 0 aromatic heterocycles. The van der Waals surface area contributed by atoms with Crippen molar-refractivity contribution in [2.75, 3.05) is 25.5 Å². The monoisotopic (exact) mass is 442 g/mol. The van der Waals surface area contributed by atoms with Crippen LogP contribution in [-0.2, 0) is 19.9 Å². The molecule has 9 heteroatoms. The van der Waals surface area contributed by atoms with Gasteiger partial charge in [-0.2, -0.15) is 0 Å². The molecule has 2 aromatic rings. The zero-order valence-electron chi connectivity index (χ0n) is 17.2. The first-order valence-corrected chi connectivity index (χ1v) is 10.1. The molecule has 1 saturated heterocycles. The molecule has 0 spiro atoms. The molecule has 1 heterocycles. The Hall–Kier alpha value is -3.39. The maximum Gasteiger partial charge on any atom is 0.325 e. The number of likely N-dealkylation sites (N-methyl/N-ethyl adjacent to an activating group) is 1. The van der Waals surface area contributed by atoms with Gasteiger partial charge >= 0.3 is 6.03 Å². The summed E-state index contributed by atoms with van der Waals surface area (Å²) < 4.78 is 0. The predicted octanol–water partition coefficient (Wildman–Crippen LogP) is 2.59. The summed E-state index contributed by atoms with van der Waals surface area (Å²) >= 11 is 6.02. The van der Waals surface area contributed by atoms with Gasteiger partial charge in [-0.05, 0) is 24.1 Å². The number of imide groups is 1. The fourth-order valence-corrected chi connectivity index (χ4v) is 3.63. The van der Waals surface area contributed by atoms with E-state index in [-0.39, 0.29) is 6.54 Å². The minimum Gasteiger partial charge on any atom is -0.335 e. The third-order valence-corrected chi connectivity index (χ3v) is 5.55. The lowest BCUT2D eigenvalue weighted by Crippen LogP contribution is -2.46. The van der Waals surface area contributed by atoms with Crippen molar-refractivity contribution in [3.63, 3.8) is 0 Å². The van der Waals surface area contributed by atoms with Gasteiger partial charge in [0, 0.05) is 7.05 Å². The van der Waals surface area contributed by atoms with Crippen LogP contribution in [0.3, 0.4) is 0 Å². The Morgan fingerprint density at radius 1 is 1.10 bits per heavy atom. The van der Waals surface area contributed by atoms with Gasteiger partial charge in [-0.3, -0.25) is 19.3 Å². The van der Waals surface area contributed by atoms with E-state index in [1.807, 2.05) is 6.07 Å². The van der Waals surface area contributed by atoms with Gasteiger partial charge in [-0.15, -0.1) is 0 Å². The summed E-state index contributed by atoms with van der Waals surface area (Å²) in [6, 6.07) is 15.0. The molecule has 0 radical (unpaired) electrons. The second kappa shape index (κ2) is 9.18. The number of benzene rings is 2. The zero-order valence-corrected chi connectivity index (χ0v) is 18.0. The molecule has 3 rings (SSSR count). The molecule has 2 aromatic carbocycles. The summed E-state index contributed by atoms with van der Waals surface area (Å²) in [6.45, 7) is 1.07. The standard InChI is InChI=1S/C22H23ClN4O4/c1-3-22(15-9-5-4-6-10-15)20(30)27(21(31)25-22)14-19(29)26(2)13-18(28)24-17-12-8-7-11-16(17)23/h4-12H,3,13-14H2,1-2H3,(H,24,28)(H,25,31)/t22-/m1/s1. The molecule has 0 saturated carbocycles. The SMILES string of the molecule is CC[C@]1(c2ccccc2)NC(=O)N(CC(=O)N(C)CC(=O)Nc2ccccc2Cl)C1=O. The number of rotatable bonds is 7. The molecule has 1 fully saturated rings. The third kappa shape index (κ3) is 4.54. The highest BCUT2D eigenvalue weighted by atomic mass is 35.5. The number of nitrogens with one attached hydrogen (secondary N) is 2. The van der Waals surface area contributed by atoms with Crippen molar-refractivity contribution in [1.29, 1.82) is 0 Å². The average molecular weight is 443 g/mol. The summed E-state index contributed by atoms with van der Waals surface area (Å²) in [5.41, 5.74) is -0.128. The van der Waals surface area contributed by atoms with Crippen LogP contribution in [-0.4, -0.2) is 53.7 Å². The van der Waals surface area contributed by atoms with E-state index < -0.39 is 35.8 Å². The lowest BCUT2D eigenvalue weighted by Gasteiger charge is -2.26. The Morgan fingerprint density at radius 3 is 2.39 bits per heavy atom. The number of amides is 5. The maximum absolute atomic E-state index is 13.1. The highest BCUT2D eigenvalue weighted by molar-refractivity contribution is 6.33. The van der Waals surface area contributed by atoms with E-state index in [1.54, 1.807) is 55.5 Å². The topological polar surface area (TPSA) is 98.8 Å². The van der Waals surface area contributed by atoms with Crippen molar-refractivity contribution < 1.29 is 19.2 Å². The van der Waals surface area contributed by atoms with Crippen LogP contribution in [0.15, 0.2) is 54.6 Å². The summed E-state index contributed by atoms with van der Waals surface area (Å²) in [4.78, 5) is 52.6. The van der Waals surface area contributed by atoms with Crippen LogP contribution in [0.1, 0.15) is 18.9 Å². The first-order valence-electron chi connectivity index (χ1n) is 9.76. The highest BCUT2D eigenvalue weighted by Gasteiger charge is 2.51. The molecule has 1 atom stereocenters. The Morgan fingerprint density at radius 2 is 1.74 bits per heavy atom. The smallest absolute Gasteiger partial charge is 0.325 e. The first-order chi connectivity index (χ1) is 14.8. The quantitative estimate of drug-likeness (QED) is 0.644. The molecule has 1 aliphatic rings. The van der Waals surface area contributed by atoms with E-state index in [1.165, 1.54) is 7.05 Å². The van der Waals surface area contributed by atoms with Gasteiger partial charge in [0.2, 0.25) is 11.8 Å². The van der Waals surface area contributed by atoms with Gasteiger partial charge in [0.1, 0.15) is 12.1 Å². The minimum atomic E-state index is -1.21. The van der Waals surface area contributed by atoms with Crippen LogP contribution < -0.4 is 10.6 Å². The third-order valence-electron chi connectivity index (χ3n) is 5.22. The number of hydrogen-bond donors (Lipinski definition) is 2. The molecule has 1 aliphatic heterocycles. The second-order valence-corrected chi connectivity index (χ2v) is 7.63. The van der Waals surface area contributed by atoms with Crippen LogP contribution >= 0.6 is 11.6 Å².